The molecule has 0 aliphatic carbocycles. The van der Waals surface area contributed by atoms with Gasteiger partial charge in [0.05, 0.1) is 33.7 Å². The molecule has 1 amide bonds. The molecule has 0 unspecified atom stereocenters. The van der Waals surface area contributed by atoms with E-state index in [4.69, 9.17) is 16.9 Å². The van der Waals surface area contributed by atoms with Crippen molar-refractivity contribution >= 4 is 33.2 Å². The van der Waals surface area contributed by atoms with Crippen LogP contribution < -0.4 is 5.32 Å². The van der Waals surface area contributed by atoms with Crippen LogP contribution in [0.1, 0.15) is 11.1 Å². The minimum Gasteiger partial charge on any atom is -0.325 e. The summed E-state index contributed by atoms with van der Waals surface area (Å²) >= 11 is 5.51. The van der Waals surface area contributed by atoms with Gasteiger partial charge in [0.2, 0.25) is 15.9 Å². The minimum absolute atomic E-state index is 0.132. The van der Waals surface area contributed by atoms with Gasteiger partial charge in [-0.3, -0.25) is 4.79 Å². The molecule has 0 aliphatic rings. The maximum absolute atomic E-state index is 12.9. The number of carbonyl (C=O) groups is 1. The van der Waals surface area contributed by atoms with Crippen LogP contribution in [0.2, 0.25) is 5.02 Å². The maximum Gasteiger partial charge on any atom is 0.417 e. The zero-order valence-electron chi connectivity index (χ0n) is 14.3. The predicted octanol–water partition coefficient (Wildman–Crippen LogP) is 3.49. The van der Waals surface area contributed by atoms with E-state index in [1.807, 2.05) is 6.07 Å². The zero-order chi connectivity index (χ0) is 21.1. The molecule has 0 saturated heterocycles. The maximum atomic E-state index is 12.9. The fraction of sp³-hybridized carbons (Fsp3) is 0.176. The number of nitrogens with zero attached hydrogens (tertiary/aromatic N) is 2. The van der Waals surface area contributed by atoms with Gasteiger partial charge in [-0.25, -0.2) is 8.42 Å². The normalized spacial score (nSPS) is 11.9. The van der Waals surface area contributed by atoms with Crippen molar-refractivity contribution in [2.24, 2.45) is 0 Å². The van der Waals surface area contributed by atoms with Gasteiger partial charge in [0.15, 0.2) is 0 Å². The van der Waals surface area contributed by atoms with Crippen LogP contribution in [0.4, 0.5) is 18.9 Å². The number of benzene rings is 2. The Hall–Kier alpha value is -2.61. The van der Waals surface area contributed by atoms with Gasteiger partial charge in [0, 0.05) is 12.7 Å². The Kier molecular flexibility index (Phi) is 6.34. The van der Waals surface area contributed by atoms with E-state index in [-0.39, 0.29) is 16.1 Å². The van der Waals surface area contributed by atoms with Crippen LogP contribution in [0.3, 0.4) is 0 Å². The Morgan fingerprint density at radius 1 is 1.21 bits per heavy atom. The number of nitrogens with one attached hydrogen (secondary N) is 1. The van der Waals surface area contributed by atoms with Gasteiger partial charge >= 0.3 is 6.18 Å². The number of hydrogen-bond acceptors (Lipinski definition) is 4. The van der Waals surface area contributed by atoms with Gasteiger partial charge < -0.3 is 5.32 Å². The van der Waals surface area contributed by atoms with E-state index in [9.17, 15) is 26.4 Å². The van der Waals surface area contributed by atoms with Gasteiger partial charge in [-0.15, -0.1) is 0 Å². The summed E-state index contributed by atoms with van der Waals surface area (Å²) in [7, 11) is -2.88. The molecule has 0 saturated carbocycles. The van der Waals surface area contributed by atoms with E-state index in [1.54, 1.807) is 0 Å². The molecule has 0 spiro atoms. The molecule has 11 heteroatoms. The van der Waals surface area contributed by atoms with Crippen molar-refractivity contribution in [2.45, 2.75) is 11.1 Å². The van der Waals surface area contributed by atoms with Crippen molar-refractivity contribution in [3.63, 3.8) is 0 Å². The second kappa shape index (κ2) is 8.18. The van der Waals surface area contributed by atoms with Crippen LogP contribution >= 0.6 is 11.6 Å². The van der Waals surface area contributed by atoms with Crippen LogP contribution in [0.15, 0.2) is 47.4 Å². The van der Waals surface area contributed by atoms with Gasteiger partial charge in [0.25, 0.3) is 0 Å². The van der Waals surface area contributed by atoms with Gasteiger partial charge in [-0.05, 0) is 42.5 Å². The first-order chi connectivity index (χ1) is 12.9. The van der Waals surface area contributed by atoms with Crippen molar-refractivity contribution in [2.75, 3.05) is 18.9 Å². The lowest BCUT2D eigenvalue weighted by Gasteiger charge is -2.17. The summed E-state index contributed by atoms with van der Waals surface area (Å²) < 4.78 is 64.2. The molecule has 0 atom stereocenters. The van der Waals surface area contributed by atoms with Crippen LogP contribution in [-0.2, 0) is 21.0 Å². The Bertz CT molecular complexity index is 1030. The first-order valence-electron chi connectivity index (χ1n) is 7.58. The highest BCUT2D eigenvalue weighted by atomic mass is 35.5. The summed E-state index contributed by atoms with van der Waals surface area (Å²) in [6, 6.07) is 9.73. The van der Waals surface area contributed by atoms with Gasteiger partial charge in [-0.2, -0.15) is 22.7 Å². The topological polar surface area (TPSA) is 90.3 Å². The number of amides is 1. The average Bonchev–Trinajstić information content (AvgIpc) is 2.62. The average molecular weight is 432 g/mol. The van der Waals surface area contributed by atoms with E-state index < -0.39 is 39.2 Å². The number of anilines is 1. The van der Waals surface area contributed by atoms with Crippen molar-refractivity contribution in [3.8, 4) is 6.07 Å². The van der Waals surface area contributed by atoms with Crippen LogP contribution in [0.25, 0.3) is 0 Å². The van der Waals surface area contributed by atoms with Crippen molar-refractivity contribution in [1.29, 1.82) is 5.26 Å². The fourth-order valence-electron chi connectivity index (χ4n) is 2.19. The molecule has 0 fully saturated rings. The van der Waals surface area contributed by atoms with Crippen LogP contribution in [-0.4, -0.2) is 32.2 Å². The Morgan fingerprint density at radius 2 is 1.82 bits per heavy atom. The summed E-state index contributed by atoms with van der Waals surface area (Å²) in [6.45, 7) is -0.633. The third-order valence-corrected chi connectivity index (χ3v) is 5.76. The van der Waals surface area contributed by atoms with E-state index in [0.717, 1.165) is 17.4 Å². The first-order valence-corrected chi connectivity index (χ1v) is 9.40. The van der Waals surface area contributed by atoms with E-state index in [2.05, 4.69) is 5.32 Å². The minimum atomic E-state index is -4.70. The van der Waals surface area contributed by atoms with E-state index in [1.165, 1.54) is 30.3 Å². The Balaban J connectivity index is 2.13. The van der Waals surface area contributed by atoms with Crippen molar-refractivity contribution in [1.82, 2.24) is 4.31 Å². The summed E-state index contributed by atoms with van der Waals surface area (Å²) in [4.78, 5) is 11.9. The number of nitriles is 1. The van der Waals surface area contributed by atoms with Crippen LogP contribution in [0.5, 0.6) is 0 Å². The molecular formula is C17H13ClF3N3O3S. The predicted molar refractivity (Wildman–Crippen MR) is 96.1 cm³/mol. The lowest BCUT2D eigenvalue weighted by molar-refractivity contribution is -0.137. The first kappa shape index (κ1) is 21.7. The smallest absolute Gasteiger partial charge is 0.325 e. The third-order valence-electron chi connectivity index (χ3n) is 3.61. The highest BCUT2D eigenvalue weighted by molar-refractivity contribution is 7.89. The number of hydrogen-bond donors (Lipinski definition) is 1. The molecule has 28 heavy (non-hydrogen) atoms. The second-order valence-corrected chi connectivity index (χ2v) is 8.09. The molecule has 0 radical (unpaired) electrons. The number of halogens is 4. The Morgan fingerprint density at radius 3 is 2.36 bits per heavy atom. The second-order valence-electron chi connectivity index (χ2n) is 5.64. The number of sulfonamides is 1. The quantitative estimate of drug-likeness (QED) is 0.784. The van der Waals surface area contributed by atoms with E-state index >= 15 is 0 Å². The molecule has 0 bridgehead atoms. The zero-order valence-corrected chi connectivity index (χ0v) is 15.9. The molecule has 0 heterocycles. The van der Waals surface area contributed by atoms with Crippen LogP contribution in [0, 0.1) is 11.3 Å². The largest absolute Gasteiger partial charge is 0.417 e. The fourth-order valence-corrected chi connectivity index (χ4v) is 3.54. The molecule has 2 aromatic carbocycles. The van der Waals surface area contributed by atoms with Crippen molar-refractivity contribution < 1.29 is 26.4 Å². The summed E-state index contributed by atoms with van der Waals surface area (Å²) in [5, 5.41) is 10.4. The molecular weight excluding hydrogens is 419 g/mol. The number of rotatable bonds is 5. The molecule has 1 N–H and O–H groups in total. The van der Waals surface area contributed by atoms with Gasteiger partial charge in [0.1, 0.15) is 0 Å². The Labute approximate surface area is 164 Å². The molecule has 0 aliphatic heterocycles. The highest BCUT2D eigenvalue weighted by Gasteiger charge is 2.33. The SMILES string of the molecule is CN(CC(=O)Nc1ccc(Cl)c(C(F)(F)F)c1)S(=O)(=O)c1ccc(C#N)cc1. The molecule has 0 aromatic heterocycles. The lowest BCUT2D eigenvalue weighted by atomic mass is 10.2. The summed E-state index contributed by atoms with van der Waals surface area (Å²) in [5.74, 6) is -0.838. The molecule has 6 nitrogen and oxygen atoms in total. The molecule has 148 valence electrons. The summed E-state index contributed by atoms with van der Waals surface area (Å²) in [5.41, 5.74) is -1.03. The number of alkyl halides is 3. The molecule has 2 rings (SSSR count). The van der Waals surface area contributed by atoms with Crippen molar-refractivity contribution in [3.05, 3.63) is 58.6 Å². The van der Waals surface area contributed by atoms with E-state index in [0.29, 0.717) is 6.07 Å². The molecule has 2 aromatic rings. The lowest BCUT2D eigenvalue weighted by Crippen LogP contribution is -2.35. The van der Waals surface area contributed by atoms with Gasteiger partial charge in [-0.1, -0.05) is 11.6 Å². The number of likely N-dealkylation sites (N-methyl/N-ethyl adjacent to an activating group) is 1. The third kappa shape index (κ3) is 5.01. The summed E-state index contributed by atoms with van der Waals surface area (Å²) in [6.07, 6.45) is -4.70. The standard InChI is InChI=1S/C17H13ClF3N3O3S/c1-24(28(26,27)13-5-2-11(9-22)3-6-13)10-16(25)23-12-4-7-15(18)14(8-12)17(19,20)21/h2-8H,10H2,1H3,(H,23,25). The number of carbonyl (C=O) groups excluding carboxylic acids is 1. The highest BCUT2D eigenvalue weighted by Crippen LogP contribution is 2.36. The monoisotopic (exact) mass is 431 g/mol.